The van der Waals surface area contributed by atoms with E-state index in [2.05, 4.69) is 38.3 Å². The molecule has 0 bridgehead atoms. The molecule has 2 aromatic carbocycles. The molecular weight excluding hydrogens is 567 g/mol. The molecule has 2 aliphatic carbocycles. The van der Waals surface area contributed by atoms with Gasteiger partial charge in [-0.1, -0.05) is 43.9 Å². The fraction of sp³-hybridized carbons (Fsp3) is 0.571. The van der Waals surface area contributed by atoms with Gasteiger partial charge >= 0.3 is 12.5 Å². The molecular formula is C35H46F3N3O3. The molecule has 2 unspecified atom stereocenters. The average molecular weight is 614 g/mol. The molecule has 2 N–H and O–H groups in total. The third kappa shape index (κ3) is 8.71. The number of alkyl carbamates (subject to hydrolysis) is 1. The number of halogens is 3. The number of nitrogens with zero attached hydrogens (tertiary/aromatic N) is 1. The maximum absolute atomic E-state index is 12.9. The number of benzene rings is 2. The first-order valence-electron chi connectivity index (χ1n) is 16.2. The number of hydrogen-bond acceptors (Lipinski definition) is 4. The van der Waals surface area contributed by atoms with E-state index >= 15 is 0 Å². The summed E-state index contributed by atoms with van der Waals surface area (Å²) in [4.78, 5) is 11.9. The van der Waals surface area contributed by atoms with Crippen molar-refractivity contribution in [2.75, 3.05) is 13.1 Å². The van der Waals surface area contributed by atoms with Crippen LogP contribution >= 0.6 is 0 Å². The van der Waals surface area contributed by atoms with Crippen molar-refractivity contribution in [1.82, 2.24) is 15.2 Å². The van der Waals surface area contributed by atoms with Crippen LogP contribution in [0.1, 0.15) is 103 Å². The van der Waals surface area contributed by atoms with Crippen molar-refractivity contribution >= 4 is 17.0 Å². The molecule has 2 saturated carbocycles. The maximum Gasteiger partial charge on any atom is 0.573 e. The SMILES string of the molecule is CC(C)(C)OC(=O)NCCCNC1CCCC(c2cn(C3CCCCC3)c3ccc(-c4cccc(OC(F)(F)F)c4)cc23)C1. The van der Waals surface area contributed by atoms with Crippen LogP contribution in [-0.4, -0.2) is 41.8 Å². The molecule has 1 aromatic heterocycles. The standard InChI is InChI=1S/C35H46F3N3O3/c1-34(2,3)44-33(42)40-19-9-18-39-27-12-7-11-26(20-27)31-23-41(28-13-5-4-6-14-28)32-17-16-25(22-30(31)32)24-10-8-15-29(21-24)43-35(36,37)38/h8,10,15-17,21-23,26-28,39H,4-7,9,11-14,18-20H2,1-3H3,(H,40,42). The van der Waals surface area contributed by atoms with E-state index in [4.69, 9.17) is 4.74 Å². The van der Waals surface area contributed by atoms with Gasteiger partial charge in [0, 0.05) is 35.7 Å². The van der Waals surface area contributed by atoms with Crippen molar-refractivity contribution in [3.05, 3.63) is 54.2 Å². The molecule has 2 atom stereocenters. The molecule has 5 rings (SSSR count). The summed E-state index contributed by atoms with van der Waals surface area (Å²) in [5.41, 5.74) is 3.63. The summed E-state index contributed by atoms with van der Waals surface area (Å²) in [6.45, 7) is 6.94. The van der Waals surface area contributed by atoms with Crippen molar-refractivity contribution in [2.24, 2.45) is 0 Å². The zero-order chi connectivity index (χ0) is 31.3. The highest BCUT2D eigenvalue weighted by molar-refractivity contribution is 5.89. The Bertz CT molecular complexity index is 1410. The normalized spacial score (nSPS) is 20.0. The van der Waals surface area contributed by atoms with Crippen LogP contribution in [0.5, 0.6) is 5.75 Å². The zero-order valence-corrected chi connectivity index (χ0v) is 26.1. The van der Waals surface area contributed by atoms with Gasteiger partial charge in [-0.25, -0.2) is 4.79 Å². The summed E-state index contributed by atoms with van der Waals surface area (Å²) in [7, 11) is 0. The molecule has 2 fully saturated rings. The van der Waals surface area contributed by atoms with Crippen molar-refractivity contribution in [3.8, 4) is 16.9 Å². The summed E-state index contributed by atoms with van der Waals surface area (Å²) < 4.78 is 50.7. The lowest BCUT2D eigenvalue weighted by Crippen LogP contribution is -2.37. The minimum Gasteiger partial charge on any atom is -0.444 e. The van der Waals surface area contributed by atoms with E-state index in [0.717, 1.165) is 44.2 Å². The van der Waals surface area contributed by atoms with Crippen LogP contribution in [0.25, 0.3) is 22.0 Å². The second-order valence-corrected chi connectivity index (χ2v) is 13.4. The lowest BCUT2D eigenvalue weighted by Gasteiger charge is -2.30. The predicted molar refractivity (Wildman–Crippen MR) is 168 cm³/mol. The minimum atomic E-state index is -4.73. The lowest BCUT2D eigenvalue weighted by molar-refractivity contribution is -0.274. The number of amides is 1. The number of nitrogens with one attached hydrogen (secondary N) is 2. The van der Waals surface area contributed by atoms with Gasteiger partial charge in [0.1, 0.15) is 11.4 Å². The highest BCUT2D eigenvalue weighted by Crippen LogP contribution is 2.42. The highest BCUT2D eigenvalue weighted by atomic mass is 19.4. The van der Waals surface area contributed by atoms with Crippen LogP contribution < -0.4 is 15.4 Å². The molecule has 2 aliphatic rings. The molecule has 44 heavy (non-hydrogen) atoms. The second kappa shape index (κ2) is 13.8. The van der Waals surface area contributed by atoms with Gasteiger partial charge in [0.05, 0.1) is 0 Å². The summed E-state index contributed by atoms with van der Waals surface area (Å²) in [5.74, 6) is 0.182. The van der Waals surface area contributed by atoms with Crippen LogP contribution in [0.4, 0.5) is 18.0 Å². The first-order valence-corrected chi connectivity index (χ1v) is 16.2. The Labute approximate surface area is 258 Å². The molecule has 1 heterocycles. The van der Waals surface area contributed by atoms with Crippen LogP contribution in [0.3, 0.4) is 0 Å². The molecule has 0 spiro atoms. The zero-order valence-electron chi connectivity index (χ0n) is 26.1. The van der Waals surface area contributed by atoms with E-state index in [1.54, 1.807) is 6.07 Å². The van der Waals surface area contributed by atoms with Gasteiger partial charge < -0.3 is 24.7 Å². The number of carbonyl (C=O) groups excluding carboxylic acids is 1. The Morgan fingerprint density at radius 3 is 2.45 bits per heavy atom. The van der Waals surface area contributed by atoms with E-state index in [1.165, 1.54) is 60.7 Å². The van der Waals surface area contributed by atoms with Crippen LogP contribution in [0.15, 0.2) is 48.7 Å². The number of hydrogen-bond donors (Lipinski definition) is 2. The summed E-state index contributed by atoms with van der Waals surface area (Å²) in [6.07, 6.45) is 8.59. The number of alkyl halides is 3. The van der Waals surface area contributed by atoms with Gasteiger partial charge in [0.15, 0.2) is 0 Å². The number of aromatic nitrogens is 1. The summed E-state index contributed by atoms with van der Waals surface area (Å²) in [6, 6.07) is 13.4. The smallest absolute Gasteiger partial charge is 0.444 e. The second-order valence-electron chi connectivity index (χ2n) is 13.4. The quantitative estimate of drug-likeness (QED) is 0.236. The third-order valence-corrected chi connectivity index (χ3v) is 8.80. The Hall–Kier alpha value is -3.20. The van der Waals surface area contributed by atoms with Crippen LogP contribution in [0, 0.1) is 0 Å². The Kier molecular flexibility index (Phi) is 10.1. The van der Waals surface area contributed by atoms with Gasteiger partial charge in [0.2, 0.25) is 0 Å². The lowest BCUT2D eigenvalue weighted by atomic mass is 9.81. The van der Waals surface area contributed by atoms with Gasteiger partial charge in [-0.15, -0.1) is 13.2 Å². The Morgan fingerprint density at radius 1 is 0.932 bits per heavy atom. The molecule has 0 aliphatic heterocycles. The van der Waals surface area contributed by atoms with Gasteiger partial charge in [-0.3, -0.25) is 0 Å². The van der Waals surface area contributed by atoms with E-state index in [0.29, 0.717) is 30.1 Å². The Balaban J connectivity index is 1.32. The average Bonchev–Trinajstić information content (AvgIpc) is 3.35. The summed E-state index contributed by atoms with van der Waals surface area (Å²) >= 11 is 0. The number of ether oxygens (including phenoxy) is 2. The van der Waals surface area contributed by atoms with Crippen molar-refractivity contribution in [3.63, 3.8) is 0 Å². The molecule has 1 amide bonds. The number of carbonyl (C=O) groups is 1. The molecule has 9 heteroatoms. The first-order chi connectivity index (χ1) is 20.9. The summed E-state index contributed by atoms with van der Waals surface area (Å²) in [5, 5.41) is 7.75. The molecule has 240 valence electrons. The van der Waals surface area contributed by atoms with E-state index in [1.807, 2.05) is 32.9 Å². The minimum absolute atomic E-state index is 0.211. The first kappa shape index (κ1) is 32.2. The molecule has 6 nitrogen and oxygen atoms in total. The van der Waals surface area contributed by atoms with Gasteiger partial charge in [0.25, 0.3) is 0 Å². The monoisotopic (exact) mass is 613 g/mol. The predicted octanol–water partition coefficient (Wildman–Crippen LogP) is 9.24. The largest absolute Gasteiger partial charge is 0.573 e. The fourth-order valence-electron chi connectivity index (χ4n) is 6.88. The van der Waals surface area contributed by atoms with Gasteiger partial charge in [-0.05, 0) is 113 Å². The van der Waals surface area contributed by atoms with Crippen molar-refractivity contribution in [1.29, 1.82) is 0 Å². The van der Waals surface area contributed by atoms with E-state index in [9.17, 15) is 18.0 Å². The number of fused-ring (bicyclic) bond motifs is 1. The van der Waals surface area contributed by atoms with E-state index < -0.39 is 12.0 Å². The maximum atomic E-state index is 12.9. The van der Waals surface area contributed by atoms with Gasteiger partial charge in [-0.2, -0.15) is 0 Å². The fourth-order valence-corrected chi connectivity index (χ4v) is 6.88. The number of rotatable bonds is 9. The molecule has 0 saturated heterocycles. The third-order valence-electron chi connectivity index (χ3n) is 8.80. The topological polar surface area (TPSA) is 64.5 Å². The van der Waals surface area contributed by atoms with Crippen molar-refractivity contribution in [2.45, 2.75) is 115 Å². The highest BCUT2D eigenvalue weighted by Gasteiger charge is 2.31. The van der Waals surface area contributed by atoms with E-state index in [-0.39, 0.29) is 11.8 Å². The molecule has 3 aromatic rings. The molecule has 0 radical (unpaired) electrons. The Morgan fingerprint density at radius 2 is 1.70 bits per heavy atom. The van der Waals surface area contributed by atoms with Crippen LogP contribution in [-0.2, 0) is 4.74 Å². The van der Waals surface area contributed by atoms with Crippen LogP contribution in [0.2, 0.25) is 0 Å². The van der Waals surface area contributed by atoms with Crippen molar-refractivity contribution < 1.29 is 27.4 Å².